The summed E-state index contributed by atoms with van der Waals surface area (Å²) in [5.74, 6) is 1.04. The number of carbonyl (C=O) groups is 1. The van der Waals surface area contributed by atoms with E-state index in [0.29, 0.717) is 28.6 Å². The van der Waals surface area contributed by atoms with Gasteiger partial charge in [-0.2, -0.15) is 0 Å². The van der Waals surface area contributed by atoms with Gasteiger partial charge in [0, 0.05) is 35.2 Å². The molecule has 0 aliphatic carbocycles. The average molecular weight is 359 g/mol. The van der Waals surface area contributed by atoms with Crippen molar-refractivity contribution in [3.8, 4) is 17.2 Å². The zero-order valence-electron chi connectivity index (χ0n) is 16.0. The molecule has 0 aliphatic heterocycles. The number of ether oxygens (including phenoxy) is 3. The minimum atomic E-state index is -0.336. The van der Waals surface area contributed by atoms with E-state index in [-0.39, 0.29) is 11.4 Å². The van der Waals surface area contributed by atoms with E-state index in [0.717, 1.165) is 5.69 Å². The number of benzene rings is 1. The molecule has 0 bridgehead atoms. The minimum absolute atomic E-state index is 0.119. The molecule has 1 aromatic carbocycles. The van der Waals surface area contributed by atoms with Crippen LogP contribution in [-0.2, 0) is 0 Å². The Labute approximate surface area is 153 Å². The van der Waals surface area contributed by atoms with Crippen LogP contribution in [0, 0.1) is 0 Å². The minimum Gasteiger partial charge on any atom is -0.493 e. The summed E-state index contributed by atoms with van der Waals surface area (Å²) in [4.78, 5) is 16.7. The van der Waals surface area contributed by atoms with Gasteiger partial charge < -0.3 is 24.8 Å². The summed E-state index contributed by atoms with van der Waals surface area (Å²) < 4.78 is 15.9. The first kappa shape index (κ1) is 19.4. The highest BCUT2D eigenvalue weighted by molar-refractivity contribution is 6.03. The monoisotopic (exact) mass is 359 g/mol. The maximum atomic E-state index is 12.6. The van der Waals surface area contributed by atoms with Crippen molar-refractivity contribution in [3.05, 3.63) is 36.2 Å². The second-order valence-corrected chi connectivity index (χ2v) is 6.67. The van der Waals surface area contributed by atoms with Crippen LogP contribution in [0.4, 0.5) is 11.4 Å². The lowest BCUT2D eigenvalue weighted by atomic mass is 10.1. The highest BCUT2D eigenvalue weighted by Gasteiger charge is 2.16. The van der Waals surface area contributed by atoms with Crippen molar-refractivity contribution in [2.75, 3.05) is 32.0 Å². The Balaban J connectivity index is 2.26. The second kappa shape index (κ2) is 7.95. The molecule has 7 nitrogen and oxygen atoms in total. The van der Waals surface area contributed by atoms with Gasteiger partial charge in [0.1, 0.15) is 5.69 Å². The number of rotatable bonds is 6. The van der Waals surface area contributed by atoms with E-state index in [1.165, 1.54) is 21.3 Å². The topological polar surface area (TPSA) is 81.7 Å². The van der Waals surface area contributed by atoms with Gasteiger partial charge in [-0.1, -0.05) is 0 Å². The summed E-state index contributed by atoms with van der Waals surface area (Å²) in [7, 11) is 4.56. The van der Waals surface area contributed by atoms with Crippen molar-refractivity contribution >= 4 is 17.3 Å². The Morgan fingerprint density at radius 1 is 0.962 bits per heavy atom. The summed E-state index contributed by atoms with van der Waals surface area (Å²) >= 11 is 0. The third-order valence-corrected chi connectivity index (χ3v) is 3.43. The van der Waals surface area contributed by atoms with Crippen LogP contribution in [0.25, 0.3) is 0 Å². The average Bonchev–Trinajstić information content (AvgIpc) is 2.59. The number of hydrogen-bond donors (Lipinski definition) is 2. The van der Waals surface area contributed by atoms with E-state index in [4.69, 9.17) is 14.2 Å². The molecule has 26 heavy (non-hydrogen) atoms. The van der Waals surface area contributed by atoms with E-state index >= 15 is 0 Å². The Kier molecular flexibility index (Phi) is 5.92. The summed E-state index contributed by atoms with van der Waals surface area (Å²) in [6.07, 6.45) is 1.60. The molecule has 2 rings (SSSR count). The normalized spacial score (nSPS) is 10.8. The molecule has 0 saturated heterocycles. The number of pyridine rings is 1. The lowest BCUT2D eigenvalue weighted by Crippen LogP contribution is -2.26. The predicted octanol–water partition coefficient (Wildman–Crippen LogP) is 3.57. The lowest BCUT2D eigenvalue weighted by Gasteiger charge is -2.22. The van der Waals surface area contributed by atoms with Gasteiger partial charge in [0.15, 0.2) is 11.5 Å². The SMILES string of the molecule is COc1cc(NC(=O)c2cc(NC(C)(C)C)ccn2)cc(OC)c1OC. The molecule has 2 N–H and O–H groups in total. The lowest BCUT2D eigenvalue weighted by molar-refractivity contribution is 0.102. The molecule has 0 atom stereocenters. The number of aromatic nitrogens is 1. The van der Waals surface area contributed by atoms with Crippen LogP contribution < -0.4 is 24.8 Å². The van der Waals surface area contributed by atoms with Gasteiger partial charge in [-0.05, 0) is 32.9 Å². The van der Waals surface area contributed by atoms with Crippen LogP contribution in [0.3, 0.4) is 0 Å². The van der Waals surface area contributed by atoms with Crippen LogP contribution in [0.1, 0.15) is 31.3 Å². The van der Waals surface area contributed by atoms with Gasteiger partial charge in [-0.25, -0.2) is 0 Å². The first-order chi connectivity index (χ1) is 12.3. The van der Waals surface area contributed by atoms with Gasteiger partial charge >= 0.3 is 0 Å². The molecule has 7 heteroatoms. The Morgan fingerprint density at radius 3 is 2.08 bits per heavy atom. The third-order valence-electron chi connectivity index (χ3n) is 3.43. The van der Waals surface area contributed by atoms with Crippen molar-refractivity contribution in [2.45, 2.75) is 26.3 Å². The third kappa shape index (κ3) is 4.78. The van der Waals surface area contributed by atoms with Gasteiger partial charge in [0.05, 0.1) is 21.3 Å². The van der Waals surface area contributed by atoms with Crippen LogP contribution in [-0.4, -0.2) is 37.8 Å². The van der Waals surface area contributed by atoms with Gasteiger partial charge in [0.25, 0.3) is 5.91 Å². The summed E-state index contributed by atoms with van der Waals surface area (Å²) in [6.45, 7) is 6.13. The predicted molar refractivity (Wildman–Crippen MR) is 102 cm³/mol. The molecule has 0 unspecified atom stereocenters. The van der Waals surface area contributed by atoms with E-state index in [9.17, 15) is 4.79 Å². The van der Waals surface area contributed by atoms with Crippen LogP contribution in [0.5, 0.6) is 17.2 Å². The zero-order valence-corrected chi connectivity index (χ0v) is 16.0. The number of hydrogen-bond acceptors (Lipinski definition) is 6. The van der Waals surface area contributed by atoms with Crippen molar-refractivity contribution in [1.82, 2.24) is 4.98 Å². The molecule has 1 amide bonds. The van der Waals surface area contributed by atoms with Crippen molar-refractivity contribution < 1.29 is 19.0 Å². The first-order valence-corrected chi connectivity index (χ1v) is 8.13. The van der Waals surface area contributed by atoms with Gasteiger partial charge in [-0.15, -0.1) is 0 Å². The summed E-state index contributed by atoms with van der Waals surface area (Å²) in [5.41, 5.74) is 1.52. The smallest absolute Gasteiger partial charge is 0.274 e. The van der Waals surface area contributed by atoms with Crippen LogP contribution in [0.2, 0.25) is 0 Å². The molecule has 140 valence electrons. The highest BCUT2D eigenvalue weighted by atomic mass is 16.5. The summed E-state index contributed by atoms with van der Waals surface area (Å²) in [5, 5.41) is 6.12. The van der Waals surface area contributed by atoms with Crippen molar-refractivity contribution in [2.24, 2.45) is 0 Å². The molecule has 0 saturated carbocycles. The number of amides is 1. The molecular weight excluding hydrogens is 334 g/mol. The van der Waals surface area contributed by atoms with E-state index in [2.05, 4.69) is 15.6 Å². The van der Waals surface area contributed by atoms with Crippen molar-refractivity contribution in [1.29, 1.82) is 0 Å². The standard InChI is InChI=1S/C19H25N3O4/c1-19(2,3)22-12-7-8-20-14(9-12)18(23)21-13-10-15(24-4)17(26-6)16(11-13)25-5/h7-11H,1-6H3,(H,20,22)(H,21,23). The Morgan fingerprint density at radius 2 is 1.58 bits per heavy atom. The summed E-state index contributed by atoms with van der Waals surface area (Å²) in [6, 6.07) is 6.85. The van der Waals surface area contributed by atoms with Crippen LogP contribution >= 0.6 is 0 Å². The van der Waals surface area contributed by atoms with E-state index in [1.54, 1.807) is 24.4 Å². The second-order valence-electron chi connectivity index (χ2n) is 6.67. The van der Waals surface area contributed by atoms with Gasteiger partial charge in [-0.3, -0.25) is 9.78 Å². The van der Waals surface area contributed by atoms with E-state index in [1.807, 2.05) is 26.8 Å². The Bertz CT molecular complexity index is 760. The number of nitrogens with zero attached hydrogens (tertiary/aromatic N) is 1. The molecular formula is C19H25N3O4. The van der Waals surface area contributed by atoms with Gasteiger partial charge in [0.2, 0.25) is 5.75 Å². The fourth-order valence-corrected chi connectivity index (χ4v) is 2.41. The molecule has 0 fully saturated rings. The maximum Gasteiger partial charge on any atom is 0.274 e. The number of methoxy groups -OCH3 is 3. The quantitative estimate of drug-likeness (QED) is 0.821. The van der Waals surface area contributed by atoms with Crippen LogP contribution in [0.15, 0.2) is 30.5 Å². The molecule has 0 aliphatic rings. The fourth-order valence-electron chi connectivity index (χ4n) is 2.41. The molecule has 0 spiro atoms. The highest BCUT2D eigenvalue weighted by Crippen LogP contribution is 2.40. The fraction of sp³-hybridized carbons (Fsp3) is 0.368. The molecule has 1 heterocycles. The number of anilines is 2. The molecule has 2 aromatic rings. The van der Waals surface area contributed by atoms with E-state index < -0.39 is 0 Å². The Hall–Kier alpha value is -2.96. The van der Waals surface area contributed by atoms with Crippen molar-refractivity contribution in [3.63, 3.8) is 0 Å². The number of carbonyl (C=O) groups excluding carboxylic acids is 1. The first-order valence-electron chi connectivity index (χ1n) is 8.13. The maximum absolute atomic E-state index is 12.6. The zero-order chi connectivity index (χ0) is 19.3. The molecule has 0 radical (unpaired) electrons. The number of nitrogens with one attached hydrogen (secondary N) is 2. The molecule has 1 aromatic heterocycles. The largest absolute Gasteiger partial charge is 0.493 e.